The first kappa shape index (κ1) is 11.2. The van der Waals surface area contributed by atoms with Crippen molar-refractivity contribution in [3.63, 3.8) is 0 Å². The van der Waals surface area contributed by atoms with Gasteiger partial charge in [-0.25, -0.2) is 4.79 Å². The molecule has 2 heterocycles. The maximum Gasteiger partial charge on any atom is 0.352 e. The predicted octanol–water partition coefficient (Wildman–Crippen LogP) is 2.26. The summed E-state index contributed by atoms with van der Waals surface area (Å²) in [5, 5.41) is 8.85. The molecule has 1 fully saturated rings. The lowest BCUT2D eigenvalue weighted by molar-refractivity contribution is 0.0691. The molecule has 0 radical (unpaired) electrons. The molecule has 0 amide bonds. The molecule has 88 valence electrons. The second kappa shape index (κ2) is 4.70. The van der Waals surface area contributed by atoms with Gasteiger partial charge in [-0.05, 0) is 44.5 Å². The van der Waals surface area contributed by atoms with Crippen LogP contribution in [0.4, 0.5) is 0 Å². The van der Waals surface area contributed by atoms with Crippen molar-refractivity contribution in [3.05, 3.63) is 23.5 Å². The van der Waals surface area contributed by atoms with E-state index in [1.165, 1.54) is 19.3 Å². The van der Waals surface area contributed by atoms with Gasteiger partial charge in [-0.1, -0.05) is 6.42 Å². The van der Waals surface area contributed by atoms with Crippen molar-refractivity contribution in [3.8, 4) is 0 Å². The number of carboxylic acids is 1. The van der Waals surface area contributed by atoms with Crippen LogP contribution in [0, 0.1) is 0 Å². The first-order valence-corrected chi connectivity index (χ1v) is 5.84. The Bertz CT molecular complexity index is 367. The zero-order valence-corrected chi connectivity index (χ0v) is 9.57. The van der Waals surface area contributed by atoms with Gasteiger partial charge in [-0.3, -0.25) is 4.90 Å². The Labute approximate surface area is 95.3 Å². The van der Waals surface area contributed by atoms with Crippen LogP contribution >= 0.6 is 0 Å². The van der Waals surface area contributed by atoms with E-state index in [4.69, 9.17) is 5.11 Å². The largest absolute Gasteiger partial charge is 0.477 e. The van der Waals surface area contributed by atoms with Crippen molar-refractivity contribution in [2.75, 3.05) is 13.1 Å². The van der Waals surface area contributed by atoms with E-state index in [1.807, 2.05) is 6.20 Å². The van der Waals surface area contributed by atoms with Crippen LogP contribution in [0.5, 0.6) is 0 Å². The number of nitrogens with one attached hydrogen (secondary N) is 1. The van der Waals surface area contributed by atoms with Crippen molar-refractivity contribution in [2.24, 2.45) is 0 Å². The fourth-order valence-electron chi connectivity index (χ4n) is 2.29. The topological polar surface area (TPSA) is 56.3 Å². The van der Waals surface area contributed by atoms with E-state index < -0.39 is 5.97 Å². The highest BCUT2D eigenvalue weighted by Gasteiger charge is 2.19. The van der Waals surface area contributed by atoms with Gasteiger partial charge in [0.05, 0.1) is 0 Å². The maximum absolute atomic E-state index is 10.8. The lowest BCUT2D eigenvalue weighted by Gasteiger charge is -2.31. The fourth-order valence-corrected chi connectivity index (χ4v) is 2.29. The van der Waals surface area contributed by atoms with Crippen molar-refractivity contribution in [1.29, 1.82) is 0 Å². The molecule has 0 aromatic carbocycles. The third-order valence-corrected chi connectivity index (χ3v) is 3.36. The Kier molecular flexibility index (Phi) is 3.29. The summed E-state index contributed by atoms with van der Waals surface area (Å²) in [4.78, 5) is 16.0. The molecule has 2 N–H and O–H groups in total. The van der Waals surface area contributed by atoms with E-state index in [0.717, 1.165) is 18.7 Å². The summed E-state index contributed by atoms with van der Waals surface area (Å²) in [6.45, 7) is 4.38. The monoisotopic (exact) mass is 222 g/mol. The average Bonchev–Trinajstić information content (AvgIpc) is 2.78. The molecule has 1 aliphatic rings. The minimum atomic E-state index is -0.892. The minimum Gasteiger partial charge on any atom is -0.477 e. The number of hydrogen-bond acceptors (Lipinski definition) is 2. The molecule has 0 spiro atoms. The second-order valence-corrected chi connectivity index (χ2v) is 4.42. The van der Waals surface area contributed by atoms with E-state index in [-0.39, 0.29) is 5.69 Å². The highest BCUT2D eigenvalue weighted by Crippen LogP contribution is 2.24. The van der Waals surface area contributed by atoms with Gasteiger partial charge in [0.1, 0.15) is 5.69 Å². The van der Waals surface area contributed by atoms with E-state index >= 15 is 0 Å². The van der Waals surface area contributed by atoms with Crippen LogP contribution in [0.2, 0.25) is 0 Å². The van der Waals surface area contributed by atoms with Gasteiger partial charge in [-0.15, -0.1) is 0 Å². The van der Waals surface area contributed by atoms with Crippen LogP contribution in [0.3, 0.4) is 0 Å². The highest BCUT2D eigenvalue weighted by atomic mass is 16.4. The van der Waals surface area contributed by atoms with E-state index in [2.05, 4.69) is 16.8 Å². The molecule has 2 rings (SSSR count). The predicted molar refractivity (Wildman–Crippen MR) is 61.6 cm³/mol. The maximum atomic E-state index is 10.8. The van der Waals surface area contributed by atoms with Crippen molar-refractivity contribution >= 4 is 5.97 Å². The summed E-state index contributed by atoms with van der Waals surface area (Å²) < 4.78 is 0. The normalized spacial score (nSPS) is 19.6. The number of H-pyrrole nitrogens is 1. The number of piperidine rings is 1. The lowest BCUT2D eigenvalue weighted by Crippen LogP contribution is -2.32. The van der Waals surface area contributed by atoms with Gasteiger partial charge in [0, 0.05) is 12.2 Å². The summed E-state index contributed by atoms with van der Waals surface area (Å²) in [5.41, 5.74) is 1.35. The number of aromatic nitrogens is 1. The number of rotatable bonds is 3. The molecule has 4 heteroatoms. The quantitative estimate of drug-likeness (QED) is 0.824. The second-order valence-electron chi connectivity index (χ2n) is 4.42. The van der Waals surface area contributed by atoms with Crippen LogP contribution in [-0.4, -0.2) is 34.0 Å². The summed E-state index contributed by atoms with van der Waals surface area (Å²) in [6, 6.07) is 2.05. The van der Waals surface area contributed by atoms with Gasteiger partial charge in [-0.2, -0.15) is 0 Å². The van der Waals surface area contributed by atoms with Gasteiger partial charge in [0.15, 0.2) is 0 Å². The first-order chi connectivity index (χ1) is 7.68. The molecule has 1 atom stereocenters. The number of aromatic carboxylic acids is 1. The van der Waals surface area contributed by atoms with Gasteiger partial charge >= 0.3 is 5.97 Å². The zero-order valence-electron chi connectivity index (χ0n) is 9.57. The standard InChI is InChI=1S/C12H18N2O2/c1-9(14-5-3-2-4-6-14)10-7-11(12(15)16)13-8-10/h7-9,13H,2-6H2,1H3,(H,15,16). The van der Waals surface area contributed by atoms with Crippen LogP contribution in [-0.2, 0) is 0 Å². The van der Waals surface area contributed by atoms with Crippen LogP contribution in [0.1, 0.15) is 48.3 Å². The fraction of sp³-hybridized carbons (Fsp3) is 0.583. The lowest BCUT2D eigenvalue weighted by atomic mass is 10.1. The molecule has 1 aromatic heterocycles. The molecule has 0 bridgehead atoms. The van der Waals surface area contributed by atoms with Crippen LogP contribution < -0.4 is 0 Å². The molecular weight excluding hydrogens is 204 g/mol. The molecule has 1 unspecified atom stereocenters. The Hall–Kier alpha value is -1.29. The third kappa shape index (κ3) is 2.27. The number of aromatic amines is 1. The van der Waals surface area contributed by atoms with Crippen molar-refractivity contribution in [1.82, 2.24) is 9.88 Å². The van der Waals surface area contributed by atoms with Gasteiger partial charge in [0.2, 0.25) is 0 Å². The summed E-state index contributed by atoms with van der Waals surface area (Å²) in [6.07, 6.45) is 5.63. The molecular formula is C12H18N2O2. The highest BCUT2D eigenvalue weighted by molar-refractivity contribution is 5.85. The molecule has 0 aliphatic carbocycles. The zero-order chi connectivity index (χ0) is 11.5. The Morgan fingerprint density at radius 1 is 1.44 bits per heavy atom. The average molecular weight is 222 g/mol. The van der Waals surface area contributed by atoms with E-state index in [1.54, 1.807) is 6.07 Å². The summed E-state index contributed by atoms with van der Waals surface area (Å²) in [7, 11) is 0. The summed E-state index contributed by atoms with van der Waals surface area (Å²) in [5.74, 6) is -0.892. The molecule has 4 nitrogen and oxygen atoms in total. The number of nitrogens with zero attached hydrogens (tertiary/aromatic N) is 1. The Balaban J connectivity index is 2.07. The number of likely N-dealkylation sites (tertiary alicyclic amines) is 1. The number of hydrogen-bond donors (Lipinski definition) is 2. The molecule has 1 aliphatic heterocycles. The van der Waals surface area contributed by atoms with Crippen LogP contribution in [0.15, 0.2) is 12.3 Å². The Morgan fingerprint density at radius 3 is 2.69 bits per heavy atom. The van der Waals surface area contributed by atoms with Crippen molar-refractivity contribution < 1.29 is 9.90 Å². The smallest absolute Gasteiger partial charge is 0.352 e. The minimum absolute atomic E-state index is 0.277. The summed E-state index contributed by atoms with van der Waals surface area (Å²) >= 11 is 0. The molecule has 1 aromatic rings. The van der Waals surface area contributed by atoms with Gasteiger partial charge in [0.25, 0.3) is 0 Å². The number of carboxylic acid groups (broad SMARTS) is 1. The van der Waals surface area contributed by atoms with Crippen LogP contribution in [0.25, 0.3) is 0 Å². The molecule has 1 saturated heterocycles. The third-order valence-electron chi connectivity index (χ3n) is 3.36. The van der Waals surface area contributed by atoms with Crippen molar-refractivity contribution in [2.45, 2.75) is 32.2 Å². The first-order valence-electron chi connectivity index (χ1n) is 5.84. The molecule has 0 saturated carbocycles. The Morgan fingerprint density at radius 2 is 2.12 bits per heavy atom. The van der Waals surface area contributed by atoms with E-state index in [0.29, 0.717) is 6.04 Å². The SMILES string of the molecule is CC(c1c[nH]c(C(=O)O)c1)N1CCCCC1. The number of carbonyl (C=O) groups is 1. The van der Waals surface area contributed by atoms with Gasteiger partial charge < -0.3 is 10.1 Å². The molecule has 16 heavy (non-hydrogen) atoms. The van der Waals surface area contributed by atoms with E-state index in [9.17, 15) is 4.79 Å².